The smallest absolute Gasteiger partial charge is 0.283 e. The van der Waals surface area contributed by atoms with Crippen LogP contribution in [0.3, 0.4) is 0 Å². The van der Waals surface area contributed by atoms with Crippen LogP contribution in [0.2, 0.25) is 0 Å². The third-order valence-corrected chi connectivity index (χ3v) is 19.2. The highest BCUT2D eigenvalue weighted by Gasteiger charge is 2.25. The largest absolute Gasteiger partial charge is 0.425 e. The zero-order valence-electron chi connectivity index (χ0n) is 54.4. The summed E-state index contributed by atoms with van der Waals surface area (Å²) in [5, 5.41) is 58.1. The topological polar surface area (TPSA) is 253 Å². The first kappa shape index (κ1) is 70.0. The lowest BCUT2D eigenvalue weighted by Gasteiger charge is -2.22. The Labute approximate surface area is 529 Å². The van der Waals surface area contributed by atoms with Crippen LogP contribution in [-0.4, -0.2) is 59.6 Å². The zero-order chi connectivity index (χ0) is 65.0. The van der Waals surface area contributed by atoms with Crippen molar-refractivity contribution in [3.63, 3.8) is 0 Å². The van der Waals surface area contributed by atoms with Crippen molar-refractivity contribution in [2.75, 3.05) is 0 Å². The van der Waals surface area contributed by atoms with Gasteiger partial charge in [0.05, 0.1) is 34.2 Å². The van der Waals surface area contributed by atoms with Gasteiger partial charge in [-0.2, -0.15) is 28.4 Å². The molecule has 18 heteroatoms. The van der Waals surface area contributed by atoms with E-state index in [0.717, 1.165) is 173 Å². The van der Waals surface area contributed by atoms with E-state index in [1.54, 1.807) is 0 Å². The molecule has 0 amide bonds. The van der Waals surface area contributed by atoms with Gasteiger partial charge in [0.1, 0.15) is 0 Å². The third-order valence-electron chi connectivity index (χ3n) is 19.2. The second-order valence-electron chi connectivity index (χ2n) is 26.7. The minimum atomic E-state index is -0.310. The molecule has 0 aliphatic heterocycles. The standard InChI is InChI=1S/6C12H17NO2/c6*1-9-7-11(13(15)12(14)8-9)10-5-3-2-4-6-10/h6*7-8,10,15H,2-6H2,1H3. The van der Waals surface area contributed by atoms with Crippen LogP contribution in [0.1, 0.15) is 296 Å². The van der Waals surface area contributed by atoms with Crippen LogP contribution in [-0.2, 0) is 0 Å². The highest BCUT2D eigenvalue weighted by molar-refractivity contribution is 5.24. The lowest BCUT2D eigenvalue weighted by molar-refractivity contribution is 0.156. The molecule has 6 aromatic heterocycles. The third kappa shape index (κ3) is 19.8. The van der Waals surface area contributed by atoms with Gasteiger partial charge in [0.15, 0.2) is 0 Å². The van der Waals surface area contributed by atoms with Crippen molar-refractivity contribution in [1.82, 2.24) is 28.4 Å². The van der Waals surface area contributed by atoms with Gasteiger partial charge in [0.25, 0.3) is 33.4 Å². The fourth-order valence-electron chi connectivity index (χ4n) is 14.5. The number of hydrogen-bond acceptors (Lipinski definition) is 12. The van der Waals surface area contributed by atoms with Crippen molar-refractivity contribution in [3.05, 3.63) is 202 Å². The molecule has 492 valence electrons. The van der Waals surface area contributed by atoms with Gasteiger partial charge in [-0.25, -0.2) is 0 Å². The van der Waals surface area contributed by atoms with Crippen molar-refractivity contribution >= 4 is 0 Å². The average molecular weight is 1240 g/mol. The minimum absolute atomic E-state index is 0.310. The van der Waals surface area contributed by atoms with Gasteiger partial charge in [-0.05, 0) is 188 Å². The summed E-state index contributed by atoms with van der Waals surface area (Å²) in [5.41, 5.74) is 8.51. The molecule has 0 radical (unpaired) electrons. The second kappa shape index (κ2) is 34.1. The first-order valence-electron chi connectivity index (χ1n) is 33.7. The Hall–Kier alpha value is -7.50. The molecule has 0 bridgehead atoms. The molecule has 12 rings (SSSR count). The Morgan fingerprint density at radius 3 is 0.433 bits per heavy atom. The van der Waals surface area contributed by atoms with E-state index < -0.39 is 0 Å². The van der Waals surface area contributed by atoms with Crippen LogP contribution in [0, 0.1) is 41.5 Å². The zero-order valence-corrected chi connectivity index (χ0v) is 54.4. The average Bonchev–Trinajstić information content (AvgIpc) is 3.46. The summed E-state index contributed by atoms with van der Waals surface area (Å²) >= 11 is 0. The van der Waals surface area contributed by atoms with Crippen LogP contribution in [0.25, 0.3) is 0 Å². The predicted molar refractivity (Wildman–Crippen MR) is 351 cm³/mol. The Balaban J connectivity index is 0.000000154. The molecular weight excluding hydrogens is 1140 g/mol. The molecule has 6 aliphatic carbocycles. The summed E-state index contributed by atoms with van der Waals surface area (Å²) in [6.45, 7) is 11.4. The fourth-order valence-corrected chi connectivity index (χ4v) is 14.5. The maximum atomic E-state index is 11.4. The van der Waals surface area contributed by atoms with E-state index in [1.807, 2.05) is 77.9 Å². The van der Waals surface area contributed by atoms with Gasteiger partial charge in [0.2, 0.25) is 0 Å². The Morgan fingerprint density at radius 2 is 0.322 bits per heavy atom. The molecule has 6 fully saturated rings. The van der Waals surface area contributed by atoms with Crippen molar-refractivity contribution < 1.29 is 31.2 Å². The summed E-state index contributed by atoms with van der Waals surface area (Å²) in [4.78, 5) is 68.5. The van der Waals surface area contributed by atoms with Crippen molar-refractivity contribution in [2.45, 2.75) is 270 Å². The summed E-state index contributed by atoms with van der Waals surface area (Å²) in [6, 6.07) is 20.4. The summed E-state index contributed by atoms with van der Waals surface area (Å²) in [7, 11) is 0. The van der Waals surface area contributed by atoms with E-state index in [4.69, 9.17) is 0 Å². The highest BCUT2D eigenvalue weighted by atomic mass is 16.5. The predicted octanol–water partition coefficient (Wildman–Crippen LogP) is 14.7. The van der Waals surface area contributed by atoms with Crippen molar-refractivity contribution in [1.29, 1.82) is 0 Å². The molecule has 90 heavy (non-hydrogen) atoms. The minimum Gasteiger partial charge on any atom is -0.425 e. The van der Waals surface area contributed by atoms with Crippen LogP contribution in [0.5, 0.6) is 0 Å². The Morgan fingerprint density at radius 1 is 0.211 bits per heavy atom. The first-order chi connectivity index (χ1) is 43.1. The lowest BCUT2D eigenvalue weighted by atomic mass is 9.86. The summed E-state index contributed by atoms with van der Waals surface area (Å²) in [5.74, 6) is 2.15. The van der Waals surface area contributed by atoms with E-state index in [-0.39, 0.29) is 33.4 Å². The molecule has 6 saturated carbocycles. The van der Waals surface area contributed by atoms with Crippen molar-refractivity contribution in [3.8, 4) is 0 Å². The first-order valence-corrected chi connectivity index (χ1v) is 33.7. The van der Waals surface area contributed by atoms with E-state index in [1.165, 1.54) is 152 Å². The van der Waals surface area contributed by atoms with Crippen molar-refractivity contribution in [2.24, 2.45) is 0 Å². The van der Waals surface area contributed by atoms with E-state index in [2.05, 4.69) is 0 Å². The van der Waals surface area contributed by atoms with Crippen LogP contribution >= 0.6 is 0 Å². The number of hydrogen-bond donors (Lipinski definition) is 6. The number of nitrogens with zero attached hydrogens (tertiary/aromatic N) is 6. The van der Waals surface area contributed by atoms with Crippen LogP contribution in [0.4, 0.5) is 0 Å². The molecule has 6 heterocycles. The molecule has 0 unspecified atom stereocenters. The van der Waals surface area contributed by atoms with E-state index >= 15 is 0 Å². The maximum absolute atomic E-state index is 11.4. The molecule has 0 atom stereocenters. The molecule has 0 aromatic carbocycles. The molecule has 0 spiro atoms. The van der Waals surface area contributed by atoms with Crippen LogP contribution in [0.15, 0.2) is 102 Å². The normalized spacial score (nSPS) is 17.9. The Bertz CT molecular complexity index is 3030. The molecule has 6 aliphatic rings. The molecule has 0 saturated heterocycles. The Kier molecular flexibility index (Phi) is 26.5. The monoisotopic (exact) mass is 1240 g/mol. The second-order valence-corrected chi connectivity index (χ2v) is 26.7. The summed E-state index contributed by atoms with van der Waals surface area (Å²) < 4.78 is 4.93. The van der Waals surface area contributed by atoms with Gasteiger partial charge < -0.3 is 31.2 Å². The maximum Gasteiger partial charge on any atom is 0.283 e. The van der Waals surface area contributed by atoms with Gasteiger partial charge >= 0.3 is 0 Å². The number of aromatic nitrogens is 6. The van der Waals surface area contributed by atoms with Crippen LogP contribution < -0.4 is 33.4 Å². The SMILES string of the molecule is Cc1cc(C2CCCCC2)n(O)c(=O)c1.Cc1cc(C2CCCCC2)n(O)c(=O)c1.Cc1cc(C2CCCCC2)n(O)c(=O)c1.Cc1cc(C2CCCCC2)n(O)c(=O)c1.Cc1cc(C2CCCCC2)n(O)c(=O)c1.Cc1cc(C2CCCCC2)n(O)c(=O)c1. The highest BCUT2D eigenvalue weighted by Crippen LogP contribution is 2.37. The molecule has 6 N–H and O–H groups in total. The quantitative estimate of drug-likeness (QED) is 0.0852. The fraction of sp³-hybridized carbons (Fsp3) is 0.583. The van der Waals surface area contributed by atoms with Gasteiger partial charge in [-0.3, -0.25) is 28.8 Å². The number of aryl methyl sites for hydroxylation is 6. The van der Waals surface area contributed by atoms with E-state index in [0.29, 0.717) is 35.5 Å². The number of rotatable bonds is 6. The number of pyridine rings is 6. The molecule has 18 nitrogen and oxygen atoms in total. The summed E-state index contributed by atoms with van der Waals surface area (Å²) in [6.07, 6.45) is 35.1. The lowest BCUT2D eigenvalue weighted by Crippen LogP contribution is -2.23. The van der Waals surface area contributed by atoms with E-state index in [9.17, 15) is 60.0 Å². The van der Waals surface area contributed by atoms with Gasteiger partial charge in [-0.15, -0.1) is 0 Å². The molecular formula is C72H102N6O12. The van der Waals surface area contributed by atoms with Gasteiger partial charge in [0, 0.05) is 71.9 Å². The van der Waals surface area contributed by atoms with Gasteiger partial charge in [-0.1, -0.05) is 116 Å². The molecule has 6 aromatic rings.